The fraction of sp³-hybridized carbons (Fsp3) is 0.308. The van der Waals surface area contributed by atoms with Gasteiger partial charge in [-0.3, -0.25) is 4.79 Å². The number of hydrazone groups is 1. The smallest absolute Gasteiger partial charge is 0.328 e. The van der Waals surface area contributed by atoms with Crippen molar-refractivity contribution in [1.29, 1.82) is 0 Å². The van der Waals surface area contributed by atoms with Crippen LogP contribution in [0.2, 0.25) is 0 Å². The van der Waals surface area contributed by atoms with E-state index in [1.165, 1.54) is 6.92 Å². The van der Waals surface area contributed by atoms with Crippen LogP contribution in [0, 0.1) is 0 Å². The number of hydrogen-bond donors (Lipinski definition) is 2. The van der Waals surface area contributed by atoms with Crippen LogP contribution in [0.1, 0.15) is 19.4 Å². The average molecular weight is 260 g/mol. The van der Waals surface area contributed by atoms with Gasteiger partial charge in [-0.05, 0) is 19.1 Å². The SMILES string of the molecule is CC(=O)N(C)c1ccc(C2=NNC(=O)NC2C)cc1. The Morgan fingerprint density at radius 2 is 1.95 bits per heavy atom. The fourth-order valence-electron chi connectivity index (χ4n) is 1.86. The van der Waals surface area contributed by atoms with Crippen LogP contribution in [0.25, 0.3) is 0 Å². The number of hydrogen-bond acceptors (Lipinski definition) is 3. The van der Waals surface area contributed by atoms with Gasteiger partial charge in [-0.25, -0.2) is 10.2 Å². The number of nitrogens with zero attached hydrogens (tertiary/aromatic N) is 2. The molecule has 2 N–H and O–H groups in total. The molecule has 0 aromatic heterocycles. The van der Waals surface area contributed by atoms with Crippen molar-refractivity contribution in [3.8, 4) is 0 Å². The molecule has 1 aliphatic heterocycles. The first kappa shape index (κ1) is 13.1. The van der Waals surface area contributed by atoms with Crippen LogP contribution in [0.15, 0.2) is 29.4 Å². The quantitative estimate of drug-likeness (QED) is 0.835. The zero-order chi connectivity index (χ0) is 14.0. The second-order valence-electron chi connectivity index (χ2n) is 4.43. The Kier molecular flexibility index (Phi) is 3.50. The predicted octanol–water partition coefficient (Wildman–Crippen LogP) is 1.07. The number of nitrogens with one attached hydrogen (secondary N) is 2. The molecule has 6 nitrogen and oxygen atoms in total. The molecular formula is C13H16N4O2. The molecule has 0 radical (unpaired) electrons. The second-order valence-corrected chi connectivity index (χ2v) is 4.43. The molecule has 6 heteroatoms. The largest absolute Gasteiger partial charge is 0.335 e. The molecule has 2 rings (SSSR count). The third-order valence-electron chi connectivity index (χ3n) is 3.06. The van der Waals surface area contributed by atoms with Gasteiger partial charge in [-0.2, -0.15) is 5.10 Å². The Morgan fingerprint density at radius 3 is 2.47 bits per heavy atom. The van der Waals surface area contributed by atoms with Gasteiger partial charge in [0.05, 0.1) is 11.8 Å². The maximum atomic E-state index is 11.3. The van der Waals surface area contributed by atoms with Crippen molar-refractivity contribution in [2.24, 2.45) is 5.10 Å². The van der Waals surface area contributed by atoms with E-state index in [9.17, 15) is 9.59 Å². The molecule has 1 aliphatic rings. The summed E-state index contributed by atoms with van der Waals surface area (Å²) in [6.07, 6.45) is 0. The van der Waals surface area contributed by atoms with Gasteiger partial charge in [0.25, 0.3) is 0 Å². The van der Waals surface area contributed by atoms with Crippen LogP contribution in [0.5, 0.6) is 0 Å². The van der Waals surface area contributed by atoms with E-state index in [2.05, 4.69) is 15.8 Å². The molecule has 1 unspecified atom stereocenters. The summed E-state index contributed by atoms with van der Waals surface area (Å²) < 4.78 is 0. The van der Waals surface area contributed by atoms with E-state index in [4.69, 9.17) is 0 Å². The van der Waals surface area contributed by atoms with Gasteiger partial charge >= 0.3 is 6.03 Å². The number of rotatable bonds is 2. The highest BCUT2D eigenvalue weighted by molar-refractivity contribution is 6.07. The van der Waals surface area contributed by atoms with Gasteiger partial charge in [0.1, 0.15) is 0 Å². The van der Waals surface area contributed by atoms with Crippen LogP contribution in [0.3, 0.4) is 0 Å². The van der Waals surface area contributed by atoms with Crippen LogP contribution in [0.4, 0.5) is 10.5 Å². The molecule has 0 saturated carbocycles. The van der Waals surface area contributed by atoms with Crippen LogP contribution >= 0.6 is 0 Å². The lowest BCUT2D eigenvalue weighted by atomic mass is 10.0. The van der Waals surface area contributed by atoms with E-state index in [1.807, 2.05) is 31.2 Å². The summed E-state index contributed by atoms with van der Waals surface area (Å²) in [7, 11) is 1.72. The van der Waals surface area contributed by atoms with E-state index < -0.39 is 0 Å². The lowest BCUT2D eigenvalue weighted by molar-refractivity contribution is -0.116. The molecule has 0 spiro atoms. The maximum Gasteiger partial charge on any atom is 0.335 e. The third kappa shape index (κ3) is 2.73. The Balaban J connectivity index is 2.23. The van der Waals surface area contributed by atoms with Gasteiger partial charge in [0, 0.05) is 25.2 Å². The standard InChI is InChI=1S/C13H16N4O2/c1-8-12(15-16-13(19)14-8)10-4-6-11(7-5-10)17(3)9(2)18/h4-8H,1-3H3,(H2,14,16,19). The van der Waals surface area contributed by atoms with E-state index in [0.717, 1.165) is 17.0 Å². The molecular weight excluding hydrogens is 244 g/mol. The van der Waals surface area contributed by atoms with E-state index in [-0.39, 0.29) is 18.0 Å². The molecule has 0 bridgehead atoms. The van der Waals surface area contributed by atoms with E-state index >= 15 is 0 Å². The summed E-state index contributed by atoms with van der Waals surface area (Å²) in [6, 6.07) is 7.01. The minimum absolute atomic E-state index is 0.0231. The first-order valence-corrected chi connectivity index (χ1v) is 5.98. The Labute approximate surface area is 111 Å². The monoisotopic (exact) mass is 260 g/mol. The summed E-state index contributed by atoms with van der Waals surface area (Å²) in [5, 5.41) is 6.78. The normalized spacial score (nSPS) is 18.2. The number of benzene rings is 1. The zero-order valence-electron chi connectivity index (χ0n) is 11.1. The Morgan fingerprint density at radius 1 is 1.32 bits per heavy atom. The molecule has 0 saturated heterocycles. The number of carbonyl (C=O) groups excluding carboxylic acids is 2. The molecule has 0 fully saturated rings. The molecule has 1 aromatic carbocycles. The number of carbonyl (C=O) groups is 2. The van der Waals surface area contributed by atoms with Crippen molar-refractivity contribution in [3.63, 3.8) is 0 Å². The number of anilines is 1. The van der Waals surface area contributed by atoms with Gasteiger partial charge in [0.15, 0.2) is 0 Å². The maximum absolute atomic E-state index is 11.3. The molecule has 1 atom stereocenters. The first-order valence-electron chi connectivity index (χ1n) is 5.98. The van der Waals surface area contributed by atoms with Crippen LogP contribution in [-0.4, -0.2) is 30.7 Å². The first-order chi connectivity index (χ1) is 8.99. The van der Waals surface area contributed by atoms with Crippen molar-refractivity contribution in [2.45, 2.75) is 19.9 Å². The van der Waals surface area contributed by atoms with Crippen LogP contribution in [-0.2, 0) is 4.79 Å². The second kappa shape index (κ2) is 5.09. The molecule has 3 amide bonds. The van der Waals surface area contributed by atoms with Gasteiger partial charge in [0.2, 0.25) is 5.91 Å². The predicted molar refractivity (Wildman–Crippen MR) is 73.2 cm³/mol. The fourth-order valence-corrected chi connectivity index (χ4v) is 1.86. The highest BCUT2D eigenvalue weighted by Gasteiger charge is 2.20. The highest BCUT2D eigenvalue weighted by Crippen LogP contribution is 2.16. The van der Waals surface area contributed by atoms with Crippen molar-refractivity contribution < 1.29 is 9.59 Å². The molecule has 1 heterocycles. The zero-order valence-corrected chi connectivity index (χ0v) is 11.1. The molecule has 0 aliphatic carbocycles. The van der Waals surface area contributed by atoms with E-state index in [0.29, 0.717) is 0 Å². The average Bonchev–Trinajstić information content (AvgIpc) is 2.38. The summed E-state index contributed by atoms with van der Waals surface area (Å²) in [5.41, 5.74) is 4.87. The van der Waals surface area contributed by atoms with Crippen molar-refractivity contribution in [3.05, 3.63) is 29.8 Å². The van der Waals surface area contributed by atoms with Gasteiger partial charge in [-0.1, -0.05) is 12.1 Å². The van der Waals surface area contributed by atoms with Gasteiger partial charge < -0.3 is 10.2 Å². The molecule has 1 aromatic rings. The van der Waals surface area contributed by atoms with Crippen molar-refractivity contribution >= 4 is 23.3 Å². The number of amides is 3. The lowest BCUT2D eigenvalue weighted by Gasteiger charge is -2.22. The van der Waals surface area contributed by atoms with E-state index in [1.54, 1.807) is 11.9 Å². The van der Waals surface area contributed by atoms with Crippen molar-refractivity contribution in [1.82, 2.24) is 10.7 Å². The van der Waals surface area contributed by atoms with Gasteiger partial charge in [-0.15, -0.1) is 0 Å². The summed E-state index contributed by atoms with van der Waals surface area (Å²) in [4.78, 5) is 23.9. The molecule has 19 heavy (non-hydrogen) atoms. The lowest BCUT2D eigenvalue weighted by Crippen LogP contribution is -2.48. The summed E-state index contributed by atoms with van der Waals surface area (Å²) >= 11 is 0. The topological polar surface area (TPSA) is 73.8 Å². The van der Waals surface area contributed by atoms with Crippen LogP contribution < -0.4 is 15.6 Å². The third-order valence-corrected chi connectivity index (χ3v) is 3.06. The summed E-state index contributed by atoms with van der Waals surface area (Å²) in [5.74, 6) is -0.0231. The number of urea groups is 1. The Bertz CT molecular complexity index is 536. The summed E-state index contributed by atoms with van der Waals surface area (Å²) in [6.45, 7) is 3.38. The minimum atomic E-state index is -0.302. The Hall–Kier alpha value is -2.37. The highest BCUT2D eigenvalue weighted by atomic mass is 16.2. The van der Waals surface area contributed by atoms with Crippen molar-refractivity contribution in [2.75, 3.05) is 11.9 Å². The molecule has 100 valence electrons. The minimum Gasteiger partial charge on any atom is -0.328 e.